The Morgan fingerprint density at radius 1 is 1.07 bits per heavy atom. The number of nitrogens with zero attached hydrogens (tertiary/aromatic N) is 3. The van der Waals surface area contributed by atoms with Crippen LogP contribution in [0, 0.1) is 0 Å². The van der Waals surface area contributed by atoms with Crippen molar-refractivity contribution >= 4 is 5.91 Å². The third kappa shape index (κ3) is 4.08. The van der Waals surface area contributed by atoms with Crippen molar-refractivity contribution in [2.45, 2.75) is 38.1 Å². The van der Waals surface area contributed by atoms with E-state index in [2.05, 4.69) is 22.3 Å². The zero-order valence-corrected chi connectivity index (χ0v) is 15.3. The third-order valence-corrected chi connectivity index (χ3v) is 5.03. The number of likely N-dealkylation sites (tertiary alicyclic amines) is 1. The van der Waals surface area contributed by atoms with Crippen molar-refractivity contribution in [3.63, 3.8) is 0 Å². The molecule has 1 saturated heterocycles. The highest BCUT2D eigenvalue weighted by atomic mass is 16.5. The number of aromatic nitrogens is 2. The Labute approximate surface area is 159 Å². The van der Waals surface area contributed by atoms with E-state index in [0.29, 0.717) is 18.1 Å². The van der Waals surface area contributed by atoms with Crippen molar-refractivity contribution in [2.24, 2.45) is 0 Å². The highest BCUT2D eigenvalue weighted by Crippen LogP contribution is 2.32. The lowest BCUT2D eigenvalue weighted by Gasteiger charge is -2.21. The third-order valence-electron chi connectivity index (χ3n) is 5.03. The largest absolute Gasteiger partial charge is 0.337 e. The first-order valence-electron chi connectivity index (χ1n) is 9.54. The van der Waals surface area contributed by atoms with Gasteiger partial charge in [-0.25, -0.2) is 0 Å². The fourth-order valence-corrected chi connectivity index (χ4v) is 3.63. The second-order valence-electron chi connectivity index (χ2n) is 6.91. The molecular formula is C22H23N3O2. The molecule has 4 rings (SSSR count). The summed E-state index contributed by atoms with van der Waals surface area (Å²) >= 11 is 0. The van der Waals surface area contributed by atoms with E-state index in [4.69, 9.17) is 4.52 Å². The Hall–Kier alpha value is -2.95. The van der Waals surface area contributed by atoms with Gasteiger partial charge in [0.05, 0.1) is 0 Å². The fraction of sp³-hybridized carbons (Fsp3) is 0.318. The summed E-state index contributed by atoms with van der Waals surface area (Å²) < 4.78 is 5.50. The lowest BCUT2D eigenvalue weighted by molar-refractivity contribution is -0.132. The van der Waals surface area contributed by atoms with E-state index in [-0.39, 0.29) is 11.9 Å². The van der Waals surface area contributed by atoms with E-state index in [1.165, 1.54) is 5.56 Å². The number of rotatable bonds is 6. The molecular weight excluding hydrogens is 338 g/mol. The molecule has 0 bridgehead atoms. The molecule has 0 radical (unpaired) electrons. The van der Waals surface area contributed by atoms with Gasteiger partial charge in [0.1, 0.15) is 6.04 Å². The van der Waals surface area contributed by atoms with Crippen LogP contribution < -0.4 is 0 Å². The standard InChI is InChI=1S/C22H23N3O2/c26-20(15-7-11-17-9-3-1-4-10-17)25-16-8-14-19(25)22-23-21(24-27-22)18-12-5-2-6-13-18/h1-6,9-10,12-13,19H,7-8,11,14-16H2. The predicted molar refractivity (Wildman–Crippen MR) is 103 cm³/mol. The van der Waals surface area contributed by atoms with Gasteiger partial charge >= 0.3 is 0 Å². The SMILES string of the molecule is O=C(CCCc1ccccc1)N1CCCC1c1nc(-c2ccccc2)no1. The van der Waals surface area contributed by atoms with Gasteiger partial charge < -0.3 is 9.42 Å². The summed E-state index contributed by atoms with van der Waals surface area (Å²) in [4.78, 5) is 19.2. The molecule has 2 heterocycles. The minimum atomic E-state index is -0.0980. The van der Waals surface area contributed by atoms with E-state index < -0.39 is 0 Å². The van der Waals surface area contributed by atoms with Crippen LogP contribution in [0.4, 0.5) is 0 Å². The predicted octanol–water partition coefficient (Wildman–Crippen LogP) is 4.42. The normalized spacial score (nSPS) is 16.6. The molecule has 0 spiro atoms. The lowest BCUT2D eigenvalue weighted by atomic mass is 10.1. The molecule has 1 atom stereocenters. The summed E-state index contributed by atoms with van der Waals surface area (Å²) in [5.41, 5.74) is 2.19. The van der Waals surface area contributed by atoms with Gasteiger partial charge in [0, 0.05) is 18.5 Å². The molecule has 1 aliphatic rings. The van der Waals surface area contributed by atoms with Gasteiger partial charge in [-0.1, -0.05) is 65.8 Å². The zero-order valence-electron chi connectivity index (χ0n) is 15.3. The number of hydrogen-bond acceptors (Lipinski definition) is 4. The highest BCUT2D eigenvalue weighted by Gasteiger charge is 2.33. The minimum Gasteiger partial charge on any atom is -0.337 e. The van der Waals surface area contributed by atoms with Gasteiger partial charge in [0.2, 0.25) is 17.6 Å². The molecule has 138 valence electrons. The molecule has 3 aromatic rings. The first kappa shape index (κ1) is 17.5. The fourth-order valence-electron chi connectivity index (χ4n) is 3.63. The van der Waals surface area contributed by atoms with Crippen molar-refractivity contribution in [3.8, 4) is 11.4 Å². The van der Waals surface area contributed by atoms with E-state index in [0.717, 1.165) is 37.8 Å². The Balaban J connectivity index is 1.38. The van der Waals surface area contributed by atoms with Gasteiger partial charge in [0.25, 0.3) is 0 Å². The number of aryl methyl sites for hydroxylation is 1. The topological polar surface area (TPSA) is 59.2 Å². The van der Waals surface area contributed by atoms with Crippen molar-refractivity contribution in [1.29, 1.82) is 0 Å². The van der Waals surface area contributed by atoms with E-state index in [1.54, 1.807) is 0 Å². The zero-order chi connectivity index (χ0) is 18.5. The van der Waals surface area contributed by atoms with Crippen LogP contribution in [0.25, 0.3) is 11.4 Å². The Bertz CT molecular complexity index is 877. The van der Waals surface area contributed by atoms with Crippen LogP contribution in [0.3, 0.4) is 0 Å². The van der Waals surface area contributed by atoms with Crippen molar-refractivity contribution < 1.29 is 9.32 Å². The maximum absolute atomic E-state index is 12.7. The molecule has 5 heteroatoms. The van der Waals surface area contributed by atoms with Crippen LogP contribution in [-0.2, 0) is 11.2 Å². The lowest BCUT2D eigenvalue weighted by Crippen LogP contribution is -2.30. The number of hydrogen-bond donors (Lipinski definition) is 0. The summed E-state index contributed by atoms with van der Waals surface area (Å²) in [6, 6.07) is 20.0. The van der Waals surface area contributed by atoms with Gasteiger partial charge in [-0.2, -0.15) is 4.98 Å². The van der Waals surface area contributed by atoms with Crippen LogP contribution in [0.2, 0.25) is 0 Å². The van der Waals surface area contributed by atoms with Crippen LogP contribution in [-0.4, -0.2) is 27.5 Å². The second kappa shape index (κ2) is 8.16. The molecule has 27 heavy (non-hydrogen) atoms. The van der Waals surface area contributed by atoms with Crippen molar-refractivity contribution in [3.05, 3.63) is 72.1 Å². The quantitative estimate of drug-likeness (QED) is 0.652. The molecule has 5 nitrogen and oxygen atoms in total. The van der Waals surface area contributed by atoms with Crippen molar-refractivity contribution in [1.82, 2.24) is 15.0 Å². The van der Waals surface area contributed by atoms with Gasteiger partial charge in [-0.15, -0.1) is 0 Å². The minimum absolute atomic E-state index is 0.0980. The molecule has 0 saturated carbocycles. The summed E-state index contributed by atoms with van der Waals surface area (Å²) in [5.74, 6) is 1.30. The monoisotopic (exact) mass is 361 g/mol. The summed E-state index contributed by atoms with van der Waals surface area (Å²) in [6.45, 7) is 0.762. The first-order valence-corrected chi connectivity index (χ1v) is 9.54. The molecule has 1 aromatic heterocycles. The highest BCUT2D eigenvalue weighted by molar-refractivity contribution is 5.77. The molecule has 0 N–H and O–H groups in total. The molecule has 1 amide bonds. The van der Waals surface area contributed by atoms with E-state index >= 15 is 0 Å². The van der Waals surface area contributed by atoms with Crippen molar-refractivity contribution in [2.75, 3.05) is 6.54 Å². The second-order valence-corrected chi connectivity index (χ2v) is 6.91. The van der Waals surface area contributed by atoms with Gasteiger partial charge in [-0.3, -0.25) is 4.79 Å². The van der Waals surface area contributed by atoms with Crippen LogP contribution in [0.15, 0.2) is 65.2 Å². The number of carbonyl (C=O) groups is 1. The maximum Gasteiger partial charge on any atom is 0.249 e. The first-order chi connectivity index (χ1) is 13.3. The number of amides is 1. The Morgan fingerprint density at radius 3 is 2.59 bits per heavy atom. The Kier molecular flexibility index (Phi) is 5.28. The maximum atomic E-state index is 12.7. The van der Waals surface area contributed by atoms with Gasteiger partial charge in [-0.05, 0) is 31.2 Å². The summed E-state index contributed by atoms with van der Waals surface area (Å²) in [5, 5.41) is 4.10. The Morgan fingerprint density at radius 2 is 1.81 bits per heavy atom. The summed E-state index contributed by atoms with van der Waals surface area (Å²) in [7, 11) is 0. The average molecular weight is 361 g/mol. The number of carbonyl (C=O) groups excluding carboxylic acids is 1. The smallest absolute Gasteiger partial charge is 0.249 e. The van der Waals surface area contributed by atoms with Crippen LogP contribution in [0.1, 0.15) is 43.2 Å². The molecule has 1 aliphatic heterocycles. The molecule has 0 aliphatic carbocycles. The van der Waals surface area contributed by atoms with Gasteiger partial charge in [0.15, 0.2) is 0 Å². The van der Waals surface area contributed by atoms with E-state index in [1.807, 2.05) is 53.4 Å². The number of benzene rings is 2. The molecule has 1 unspecified atom stereocenters. The summed E-state index contributed by atoms with van der Waals surface area (Å²) in [6.07, 6.45) is 4.17. The molecule has 1 fully saturated rings. The van der Waals surface area contributed by atoms with Crippen LogP contribution in [0.5, 0.6) is 0 Å². The van der Waals surface area contributed by atoms with Crippen LogP contribution >= 0.6 is 0 Å². The molecule has 2 aromatic carbocycles. The van der Waals surface area contributed by atoms with E-state index in [9.17, 15) is 4.79 Å². The average Bonchev–Trinajstić information content (AvgIpc) is 3.39.